The molecular formula is C13H16N4. The number of fused-ring (bicyclic) bond motifs is 1. The largest absolute Gasteiger partial charge is 0.383 e. The lowest BCUT2D eigenvalue weighted by molar-refractivity contribution is 0.586. The molecule has 0 aliphatic carbocycles. The smallest absolute Gasteiger partial charge is 0.163 e. The second-order valence-corrected chi connectivity index (χ2v) is 4.91. The molecule has 0 aromatic heterocycles. The number of amidine groups is 2. The van der Waals surface area contributed by atoms with Gasteiger partial charge in [0.25, 0.3) is 0 Å². The van der Waals surface area contributed by atoms with Crippen LogP contribution < -0.4 is 5.73 Å². The number of hydrogen-bond acceptors (Lipinski definition) is 2. The lowest BCUT2D eigenvalue weighted by Crippen LogP contribution is -2.09. The van der Waals surface area contributed by atoms with E-state index in [0.717, 1.165) is 11.1 Å². The van der Waals surface area contributed by atoms with Crippen molar-refractivity contribution in [2.75, 3.05) is 0 Å². The van der Waals surface area contributed by atoms with E-state index in [4.69, 9.17) is 5.73 Å². The number of benzene rings is 1. The number of aliphatic imine (C=N–C) groups is 3. The van der Waals surface area contributed by atoms with Gasteiger partial charge >= 0.3 is 0 Å². The zero-order valence-corrected chi connectivity index (χ0v) is 10.3. The summed E-state index contributed by atoms with van der Waals surface area (Å²) in [6.45, 7) is 6.05. The Kier molecular flexibility index (Phi) is 2.79. The van der Waals surface area contributed by atoms with Gasteiger partial charge in [-0.05, 0) is 20.8 Å². The molecule has 1 heterocycles. The molecule has 1 aromatic carbocycles. The predicted molar refractivity (Wildman–Crippen MR) is 71.9 cm³/mol. The van der Waals surface area contributed by atoms with E-state index in [-0.39, 0.29) is 5.54 Å². The van der Waals surface area contributed by atoms with E-state index in [0.29, 0.717) is 11.7 Å². The zero-order valence-electron chi connectivity index (χ0n) is 10.3. The summed E-state index contributed by atoms with van der Waals surface area (Å²) in [6.07, 6.45) is 1.55. The minimum atomic E-state index is -0.128. The van der Waals surface area contributed by atoms with Gasteiger partial charge in [-0.2, -0.15) is 0 Å². The Bertz CT molecular complexity index is 518. The fourth-order valence-corrected chi connectivity index (χ4v) is 1.49. The van der Waals surface area contributed by atoms with Gasteiger partial charge in [-0.1, -0.05) is 24.3 Å². The summed E-state index contributed by atoms with van der Waals surface area (Å²) in [5, 5.41) is 0. The van der Waals surface area contributed by atoms with Crippen molar-refractivity contribution >= 4 is 18.0 Å². The molecule has 4 heteroatoms. The predicted octanol–water partition coefficient (Wildman–Crippen LogP) is 1.98. The Morgan fingerprint density at radius 2 is 1.82 bits per heavy atom. The van der Waals surface area contributed by atoms with Crippen molar-refractivity contribution in [3.8, 4) is 0 Å². The van der Waals surface area contributed by atoms with Crippen LogP contribution >= 0.6 is 0 Å². The minimum absolute atomic E-state index is 0.128. The van der Waals surface area contributed by atoms with E-state index < -0.39 is 0 Å². The number of nitrogens with two attached hydrogens (primary N) is 1. The Morgan fingerprint density at radius 3 is 2.47 bits per heavy atom. The van der Waals surface area contributed by atoms with Crippen LogP contribution in [0.1, 0.15) is 31.9 Å². The highest BCUT2D eigenvalue weighted by Crippen LogP contribution is 2.17. The molecule has 1 aliphatic heterocycles. The van der Waals surface area contributed by atoms with E-state index in [9.17, 15) is 0 Å². The van der Waals surface area contributed by atoms with Crippen molar-refractivity contribution in [3.05, 3.63) is 35.4 Å². The topological polar surface area (TPSA) is 63.1 Å². The first-order valence-corrected chi connectivity index (χ1v) is 5.53. The van der Waals surface area contributed by atoms with Gasteiger partial charge < -0.3 is 5.73 Å². The Balaban J connectivity index is 2.31. The lowest BCUT2D eigenvalue weighted by Gasteiger charge is -2.09. The quantitative estimate of drug-likeness (QED) is 0.579. The third-order valence-electron chi connectivity index (χ3n) is 2.30. The van der Waals surface area contributed by atoms with Crippen LogP contribution in [-0.4, -0.2) is 23.5 Å². The molecule has 0 radical (unpaired) electrons. The molecule has 2 N–H and O–H groups in total. The molecule has 17 heavy (non-hydrogen) atoms. The van der Waals surface area contributed by atoms with E-state index >= 15 is 0 Å². The fraction of sp³-hybridized carbons (Fsp3) is 0.308. The normalized spacial score (nSPS) is 17.6. The molecule has 88 valence electrons. The third kappa shape index (κ3) is 2.58. The summed E-state index contributed by atoms with van der Waals surface area (Å²) in [5.74, 6) is 1.15. The SMILES string of the molecule is CC(C)(C)N=CN=C1N=C(N)c2ccccc21. The van der Waals surface area contributed by atoms with Gasteiger partial charge in [-0.3, -0.25) is 4.99 Å². The monoisotopic (exact) mass is 228 g/mol. The van der Waals surface area contributed by atoms with Crippen LogP contribution in [0.5, 0.6) is 0 Å². The van der Waals surface area contributed by atoms with Crippen LogP contribution in [-0.2, 0) is 0 Å². The van der Waals surface area contributed by atoms with E-state index in [1.807, 2.05) is 45.0 Å². The number of nitrogens with zero attached hydrogens (tertiary/aromatic N) is 3. The molecular weight excluding hydrogens is 212 g/mol. The first kappa shape index (κ1) is 11.5. The molecule has 0 unspecified atom stereocenters. The van der Waals surface area contributed by atoms with Crippen molar-refractivity contribution in [1.82, 2.24) is 0 Å². The minimum Gasteiger partial charge on any atom is -0.383 e. The number of rotatable bonds is 1. The molecule has 2 rings (SSSR count). The average Bonchev–Trinajstić information content (AvgIpc) is 2.55. The maximum Gasteiger partial charge on any atom is 0.163 e. The Morgan fingerprint density at radius 1 is 1.18 bits per heavy atom. The molecule has 1 aliphatic rings. The standard InChI is InChI=1S/C13H16N4/c1-13(2,3)16-8-15-12-10-7-5-4-6-9(10)11(14)17-12/h4-8H,1-3H3,(H2,14,15,16,17). The molecule has 4 nitrogen and oxygen atoms in total. The highest BCUT2D eigenvalue weighted by atomic mass is 15.0. The zero-order chi connectivity index (χ0) is 12.5. The van der Waals surface area contributed by atoms with Crippen molar-refractivity contribution in [2.24, 2.45) is 20.7 Å². The molecule has 0 fully saturated rings. The second kappa shape index (κ2) is 4.13. The van der Waals surface area contributed by atoms with Gasteiger partial charge in [0.05, 0.1) is 5.54 Å². The summed E-state index contributed by atoms with van der Waals surface area (Å²) in [6, 6.07) is 7.79. The second-order valence-electron chi connectivity index (χ2n) is 4.91. The van der Waals surface area contributed by atoms with Gasteiger partial charge in [0, 0.05) is 11.1 Å². The maximum atomic E-state index is 5.82. The maximum absolute atomic E-state index is 5.82. The molecule has 0 spiro atoms. The van der Waals surface area contributed by atoms with E-state index in [2.05, 4.69) is 15.0 Å². The lowest BCUT2D eigenvalue weighted by atomic mass is 10.1. The van der Waals surface area contributed by atoms with Gasteiger partial charge in [0.1, 0.15) is 12.2 Å². The highest BCUT2D eigenvalue weighted by Gasteiger charge is 2.18. The molecule has 0 saturated heterocycles. The first-order chi connectivity index (χ1) is 7.97. The molecule has 0 atom stereocenters. The van der Waals surface area contributed by atoms with Crippen molar-refractivity contribution in [2.45, 2.75) is 26.3 Å². The summed E-state index contributed by atoms with van der Waals surface area (Å²) >= 11 is 0. The fourth-order valence-electron chi connectivity index (χ4n) is 1.49. The van der Waals surface area contributed by atoms with Gasteiger partial charge in [0.2, 0.25) is 0 Å². The molecule has 0 saturated carbocycles. The Hall–Kier alpha value is -1.97. The van der Waals surface area contributed by atoms with Gasteiger partial charge in [-0.15, -0.1) is 0 Å². The number of hydrogen-bond donors (Lipinski definition) is 1. The summed E-state index contributed by atoms with van der Waals surface area (Å²) in [7, 11) is 0. The van der Waals surface area contributed by atoms with Crippen LogP contribution in [0.3, 0.4) is 0 Å². The third-order valence-corrected chi connectivity index (χ3v) is 2.30. The van der Waals surface area contributed by atoms with Crippen LogP contribution in [0.4, 0.5) is 0 Å². The van der Waals surface area contributed by atoms with Gasteiger partial charge in [0.15, 0.2) is 5.84 Å². The van der Waals surface area contributed by atoms with Crippen LogP contribution in [0.15, 0.2) is 39.2 Å². The Labute approximate surface area is 101 Å². The highest BCUT2D eigenvalue weighted by molar-refractivity contribution is 6.22. The van der Waals surface area contributed by atoms with Crippen molar-refractivity contribution < 1.29 is 0 Å². The van der Waals surface area contributed by atoms with Gasteiger partial charge in [-0.25, -0.2) is 9.98 Å². The summed E-state index contributed by atoms with van der Waals surface area (Å²) in [5.41, 5.74) is 7.59. The van der Waals surface area contributed by atoms with E-state index in [1.165, 1.54) is 0 Å². The van der Waals surface area contributed by atoms with Crippen LogP contribution in [0, 0.1) is 0 Å². The summed E-state index contributed by atoms with van der Waals surface area (Å²) < 4.78 is 0. The molecule has 1 aromatic rings. The van der Waals surface area contributed by atoms with Crippen LogP contribution in [0.2, 0.25) is 0 Å². The van der Waals surface area contributed by atoms with Crippen molar-refractivity contribution in [1.29, 1.82) is 0 Å². The first-order valence-electron chi connectivity index (χ1n) is 5.53. The summed E-state index contributed by atoms with van der Waals surface area (Å²) in [4.78, 5) is 12.8. The van der Waals surface area contributed by atoms with E-state index in [1.54, 1.807) is 6.34 Å². The van der Waals surface area contributed by atoms with Crippen LogP contribution in [0.25, 0.3) is 0 Å². The molecule has 0 amide bonds. The van der Waals surface area contributed by atoms with Crippen molar-refractivity contribution in [3.63, 3.8) is 0 Å². The average molecular weight is 228 g/mol. The molecule has 0 bridgehead atoms.